The highest BCUT2D eigenvalue weighted by atomic mass is 32.1. The minimum atomic E-state index is -0.00642. The summed E-state index contributed by atoms with van der Waals surface area (Å²) in [6.45, 7) is 4.54. The van der Waals surface area contributed by atoms with Crippen LogP contribution in [0, 0.1) is 6.92 Å². The van der Waals surface area contributed by atoms with E-state index in [1.165, 1.54) is 5.56 Å². The molecule has 0 saturated carbocycles. The minimum Gasteiger partial charge on any atom is -0.486 e. The van der Waals surface area contributed by atoms with E-state index in [0.29, 0.717) is 6.61 Å². The summed E-state index contributed by atoms with van der Waals surface area (Å²) in [5.41, 5.74) is 2.05. The van der Waals surface area contributed by atoms with Crippen molar-refractivity contribution < 1.29 is 9.84 Å². The number of rotatable bonds is 5. The highest BCUT2D eigenvalue weighted by Crippen LogP contribution is 2.20. The standard InChI is InChI=1S/C14H17NO2S/c1-3-11-4-6-12(7-5-11)17-9-14-15-13(8-16)10(2)18-14/h4-7,16H,3,8-9H2,1-2H3. The van der Waals surface area contributed by atoms with E-state index >= 15 is 0 Å². The zero-order valence-electron chi connectivity index (χ0n) is 10.6. The molecule has 1 aromatic carbocycles. The number of aryl methyl sites for hydroxylation is 2. The molecule has 96 valence electrons. The van der Waals surface area contributed by atoms with E-state index in [4.69, 9.17) is 9.84 Å². The van der Waals surface area contributed by atoms with Gasteiger partial charge in [0.25, 0.3) is 0 Å². The fourth-order valence-corrected chi connectivity index (χ4v) is 2.52. The summed E-state index contributed by atoms with van der Waals surface area (Å²) >= 11 is 1.57. The van der Waals surface area contributed by atoms with Crippen LogP contribution >= 0.6 is 11.3 Å². The van der Waals surface area contributed by atoms with Crippen molar-refractivity contribution in [1.82, 2.24) is 4.98 Å². The van der Waals surface area contributed by atoms with Crippen LogP contribution in [0.25, 0.3) is 0 Å². The molecule has 0 atom stereocenters. The first-order valence-corrected chi connectivity index (χ1v) is 6.82. The van der Waals surface area contributed by atoms with Gasteiger partial charge in [0.15, 0.2) is 0 Å². The molecule has 0 fully saturated rings. The zero-order valence-corrected chi connectivity index (χ0v) is 11.5. The molecule has 0 aliphatic heterocycles. The molecule has 0 aliphatic carbocycles. The second-order valence-electron chi connectivity index (χ2n) is 4.05. The third-order valence-electron chi connectivity index (χ3n) is 2.78. The monoisotopic (exact) mass is 263 g/mol. The average Bonchev–Trinajstić information content (AvgIpc) is 2.77. The lowest BCUT2D eigenvalue weighted by Gasteiger charge is -2.04. The van der Waals surface area contributed by atoms with E-state index in [1.807, 2.05) is 19.1 Å². The molecule has 2 rings (SSSR count). The highest BCUT2D eigenvalue weighted by molar-refractivity contribution is 7.11. The molecule has 0 amide bonds. The quantitative estimate of drug-likeness (QED) is 0.901. The normalized spacial score (nSPS) is 10.6. The Labute approximate surface area is 111 Å². The van der Waals surface area contributed by atoms with Gasteiger partial charge in [0, 0.05) is 4.88 Å². The summed E-state index contributed by atoms with van der Waals surface area (Å²) in [6.07, 6.45) is 1.03. The lowest BCUT2D eigenvalue weighted by atomic mass is 10.2. The Morgan fingerprint density at radius 2 is 2.00 bits per heavy atom. The summed E-state index contributed by atoms with van der Waals surface area (Å²) in [6, 6.07) is 8.10. The van der Waals surface area contributed by atoms with E-state index in [0.717, 1.165) is 27.7 Å². The maximum absolute atomic E-state index is 9.08. The summed E-state index contributed by atoms with van der Waals surface area (Å²) in [5, 5.41) is 9.98. The maximum atomic E-state index is 9.08. The Balaban J connectivity index is 1.97. The molecule has 3 nitrogen and oxygen atoms in total. The lowest BCUT2D eigenvalue weighted by molar-refractivity contribution is 0.274. The van der Waals surface area contributed by atoms with E-state index < -0.39 is 0 Å². The SMILES string of the molecule is CCc1ccc(OCc2nc(CO)c(C)s2)cc1. The molecule has 0 bridgehead atoms. The van der Waals surface area contributed by atoms with Gasteiger partial charge in [0.2, 0.25) is 0 Å². The van der Waals surface area contributed by atoms with Crippen LogP contribution < -0.4 is 4.74 Å². The van der Waals surface area contributed by atoms with Gasteiger partial charge < -0.3 is 9.84 Å². The van der Waals surface area contributed by atoms with E-state index in [-0.39, 0.29) is 6.61 Å². The fourth-order valence-electron chi connectivity index (χ4n) is 1.66. The van der Waals surface area contributed by atoms with Crippen molar-refractivity contribution >= 4 is 11.3 Å². The highest BCUT2D eigenvalue weighted by Gasteiger charge is 2.07. The van der Waals surface area contributed by atoms with Crippen molar-refractivity contribution in [3.63, 3.8) is 0 Å². The summed E-state index contributed by atoms with van der Waals surface area (Å²) in [4.78, 5) is 5.37. The third-order valence-corrected chi connectivity index (χ3v) is 3.77. The molecule has 1 aromatic heterocycles. The van der Waals surface area contributed by atoms with Gasteiger partial charge in [-0.25, -0.2) is 4.98 Å². The number of hydrogen-bond donors (Lipinski definition) is 1. The van der Waals surface area contributed by atoms with Crippen LogP contribution in [0.1, 0.15) is 28.1 Å². The number of aliphatic hydroxyl groups is 1. The maximum Gasteiger partial charge on any atom is 0.140 e. The third kappa shape index (κ3) is 3.09. The smallest absolute Gasteiger partial charge is 0.140 e. The number of nitrogens with zero attached hydrogens (tertiary/aromatic N) is 1. The zero-order chi connectivity index (χ0) is 13.0. The van der Waals surface area contributed by atoms with Crippen LogP contribution in [-0.2, 0) is 19.6 Å². The van der Waals surface area contributed by atoms with Crippen molar-refractivity contribution in [2.45, 2.75) is 33.5 Å². The molecule has 0 saturated heterocycles. The first-order valence-electron chi connectivity index (χ1n) is 6.00. The molecule has 0 aliphatic rings. The minimum absolute atomic E-state index is 0.00642. The van der Waals surface area contributed by atoms with Crippen molar-refractivity contribution in [2.24, 2.45) is 0 Å². The molecule has 0 radical (unpaired) electrons. The molecular weight excluding hydrogens is 246 g/mol. The molecular formula is C14H17NO2S. The molecule has 0 unspecified atom stereocenters. The second-order valence-corrected chi connectivity index (χ2v) is 5.34. The average molecular weight is 263 g/mol. The number of benzene rings is 1. The predicted octanol–water partition coefficient (Wildman–Crippen LogP) is 3.09. The van der Waals surface area contributed by atoms with Gasteiger partial charge in [-0.1, -0.05) is 19.1 Å². The van der Waals surface area contributed by atoms with Crippen molar-refractivity contribution in [3.05, 3.63) is 45.4 Å². The van der Waals surface area contributed by atoms with Crippen LogP contribution in [0.3, 0.4) is 0 Å². The lowest BCUT2D eigenvalue weighted by Crippen LogP contribution is -1.95. The van der Waals surface area contributed by atoms with Gasteiger partial charge in [-0.05, 0) is 31.0 Å². The van der Waals surface area contributed by atoms with Gasteiger partial charge >= 0.3 is 0 Å². The Morgan fingerprint density at radius 1 is 1.28 bits per heavy atom. The number of ether oxygens (including phenoxy) is 1. The predicted molar refractivity (Wildman–Crippen MR) is 72.9 cm³/mol. The van der Waals surface area contributed by atoms with Crippen LogP contribution in [0.15, 0.2) is 24.3 Å². The first-order chi connectivity index (χ1) is 8.72. The molecule has 18 heavy (non-hydrogen) atoms. The number of thiazole rings is 1. The first kappa shape index (κ1) is 13.1. The van der Waals surface area contributed by atoms with Gasteiger partial charge in [0.05, 0.1) is 12.3 Å². The van der Waals surface area contributed by atoms with Gasteiger partial charge in [-0.3, -0.25) is 0 Å². The summed E-state index contributed by atoms with van der Waals surface area (Å²) in [7, 11) is 0. The molecule has 1 heterocycles. The van der Waals surface area contributed by atoms with Crippen molar-refractivity contribution in [3.8, 4) is 5.75 Å². The topological polar surface area (TPSA) is 42.4 Å². The second kappa shape index (κ2) is 5.98. The van der Waals surface area contributed by atoms with Crippen molar-refractivity contribution in [1.29, 1.82) is 0 Å². The molecule has 4 heteroatoms. The Morgan fingerprint density at radius 3 is 2.56 bits per heavy atom. The largest absolute Gasteiger partial charge is 0.486 e. The van der Waals surface area contributed by atoms with Crippen molar-refractivity contribution in [2.75, 3.05) is 0 Å². The Bertz CT molecular complexity index is 505. The summed E-state index contributed by atoms with van der Waals surface area (Å²) in [5.74, 6) is 0.852. The fraction of sp³-hybridized carbons (Fsp3) is 0.357. The van der Waals surface area contributed by atoms with Gasteiger partial charge in [-0.15, -0.1) is 11.3 Å². The molecule has 0 spiro atoms. The van der Waals surface area contributed by atoms with Crippen LogP contribution in [-0.4, -0.2) is 10.1 Å². The van der Waals surface area contributed by atoms with Gasteiger partial charge in [0.1, 0.15) is 17.4 Å². The number of aromatic nitrogens is 1. The van der Waals surface area contributed by atoms with Crippen LogP contribution in [0.4, 0.5) is 0 Å². The Kier molecular flexibility index (Phi) is 4.33. The van der Waals surface area contributed by atoms with Gasteiger partial charge in [-0.2, -0.15) is 0 Å². The van der Waals surface area contributed by atoms with Crippen LogP contribution in [0.2, 0.25) is 0 Å². The molecule has 1 N–H and O–H groups in total. The number of hydrogen-bond acceptors (Lipinski definition) is 4. The number of aliphatic hydroxyl groups excluding tert-OH is 1. The van der Waals surface area contributed by atoms with Crippen LogP contribution in [0.5, 0.6) is 5.75 Å². The molecule has 2 aromatic rings. The van der Waals surface area contributed by atoms with E-state index in [2.05, 4.69) is 24.0 Å². The van der Waals surface area contributed by atoms with E-state index in [1.54, 1.807) is 11.3 Å². The Hall–Kier alpha value is -1.39. The van der Waals surface area contributed by atoms with E-state index in [9.17, 15) is 0 Å². The summed E-state index contributed by atoms with van der Waals surface area (Å²) < 4.78 is 5.67.